The zero-order valence-corrected chi connectivity index (χ0v) is 10.9. The van der Waals surface area contributed by atoms with Crippen LogP contribution in [0.3, 0.4) is 0 Å². The molecule has 0 spiro atoms. The Morgan fingerprint density at radius 2 is 2.21 bits per heavy atom. The molecule has 2 heterocycles. The number of hydrogen-bond acceptors (Lipinski definition) is 3. The fourth-order valence-corrected chi connectivity index (χ4v) is 2.75. The smallest absolute Gasteiger partial charge is 0.272 e. The first-order valence-electron chi connectivity index (χ1n) is 6.91. The second-order valence-electron chi connectivity index (χ2n) is 5.16. The van der Waals surface area contributed by atoms with Crippen LogP contribution in [0, 0.1) is 5.92 Å². The standard InChI is InChI=1S/C14H18N4O/c19-14(15-9-11-5-2-1-3-6-11)13-12-7-4-8-18(12)17-10-16-13/h4,7-8,10-11H,1-3,5-6,9H2,(H,15,19). The van der Waals surface area contributed by atoms with Gasteiger partial charge >= 0.3 is 0 Å². The Bertz CT molecular complexity index is 572. The van der Waals surface area contributed by atoms with E-state index in [2.05, 4.69) is 15.4 Å². The van der Waals surface area contributed by atoms with Crippen LogP contribution in [-0.2, 0) is 0 Å². The Hall–Kier alpha value is -1.91. The van der Waals surface area contributed by atoms with Crippen molar-refractivity contribution in [2.24, 2.45) is 5.92 Å². The van der Waals surface area contributed by atoms with Crippen LogP contribution in [0.4, 0.5) is 0 Å². The summed E-state index contributed by atoms with van der Waals surface area (Å²) in [4.78, 5) is 16.3. The van der Waals surface area contributed by atoms with Crippen LogP contribution < -0.4 is 5.32 Å². The molecule has 0 atom stereocenters. The fourth-order valence-electron chi connectivity index (χ4n) is 2.75. The highest BCUT2D eigenvalue weighted by atomic mass is 16.1. The van der Waals surface area contributed by atoms with E-state index >= 15 is 0 Å². The van der Waals surface area contributed by atoms with Crippen molar-refractivity contribution in [3.63, 3.8) is 0 Å². The molecule has 1 saturated carbocycles. The van der Waals surface area contributed by atoms with Crippen molar-refractivity contribution >= 4 is 11.4 Å². The highest BCUT2D eigenvalue weighted by Gasteiger charge is 2.17. The number of fused-ring (bicyclic) bond motifs is 1. The molecule has 2 aromatic rings. The maximum absolute atomic E-state index is 12.2. The minimum Gasteiger partial charge on any atom is -0.350 e. The fraction of sp³-hybridized carbons (Fsp3) is 0.500. The first-order chi connectivity index (χ1) is 9.34. The van der Waals surface area contributed by atoms with Crippen LogP contribution in [-0.4, -0.2) is 27.0 Å². The molecule has 19 heavy (non-hydrogen) atoms. The monoisotopic (exact) mass is 258 g/mol. The molecule has 5 heteroatoms. The van der Waals surface area contributed by atoms with E-state index in [-0.39, 0.29) is 5.91 Å². The van der Waals surface area contributed by atoms with Gasteiger partial charge in [0.05, 0.1) is 5.52 Å². The molecule has 0 radical (unpaired) electrons. The van der Waals surface area contributed by atoms with Crippen LogP contribution in [0.2, 0.25) is 0 Å². The van der Waals surface area contributed by atoms with Gasteiger partial charge in [0.2, 0.25) is 0 Å². The molecule has 0 saturated heterocycles. The van der Waals surface area contributed by atoms with Gasteiger partial charge in [-0.25, -0.2) is 9.50 Å². The maximum atomic E-state index is 12.2. The van der Waals surface area contributed by atoms with Crippen molar-refractivity contribution in [2.45, 2.75) is 32.1 Å². The van der Waals surface area contributed by atoms with Gasteiger partial charge in [-0.15, -0.1) is 0 Å². The van der Waals surface area contributed by atoms with E-state index in [0.29, 0.717) is 11.6 Å². The molecule has 1 amide bonds. The van der Waals surface area contributed by atoms with Gasteiger partial charge in [0, 0.05) is 12.7 Å². The molecule has 100 valence electrons. The number of rotatable bonds is 3. The number of aromatic nitrogens is 3. The molecule has 5 nitrogen and oxygen atoms in total. The highest BCUT2D eigenvalue weighted by Crippen LogP contribution is 2.22. The summed E-state index contributed by atoms with van der Waals surface area (Å²) in [5.74, 6) is 0.527. The molecule has 0 bridgehead atoms. The minimum absolute atomic E-state index is 0.100. The third-order valence-corrected chi connectivity index (χ3v) is 3.82. The largest absolute Gasteiger partial charge is 0.350 e. The Kier molecular flexibility index (Phi) is 3.44. The summed E-state index contributed by atoms with van der Waals surface area (Å²) in [7, 11) is 0. The van der Waals surface area contributed by atoms with E-state index in [0.717, 1.165) is 12.1 Å². The van der Waals surface area contributed by atoms with E-state index in [9.17, 15) is 4.79 Å². The van der Waals surface area contributed by atoms with Crippen molar-refractivity contribution in [1.82, 2.24) is 19.9 Å². The van der Waals surface area contributed by atoms with Crippen molar-refractivity contribution in [3.8, 4) is 0 Å². The van der Waals surface area contributed by atoms with E-state index < -0.39 is 0 Å². The first-order valence-corrected chi connectivity index (χ1v) is 6.91. The zero-order chi connectivity index (χ0) is 13.1. The van der Waals surface area contributed by atoms with E-state index in [1.807, 2.05) is 18.3 Å². The third kappa shape index (κ3) is 2.59. The molecular formula is C14H18N4O. The lowest BCUT2D eigenvalue weighted by atomic mass is 9.89. The summed E-state index contributed by atoms with van der Waals surface area (Å²) >= 11 is 0. The summed E-state index contributed by atoms with van der Waals surface area (Å²) in [5, 5.41) is 7.07. The molecule has 1 N–H and O–H groups in total. The summed E-state index contributed by atoms with van der Waals surface area (Å²) in [6, 6.07) is 3.72. The quantitative estimate of drug-likeness (QED) is 0.916. The average Bonchev–Trinajstić information content (AvgIpc) is 2.94. The molecule has 3 rings (SSSR count). The maximum Gasteiger partial charge on any atom is 0.272 e. The molecule has 0 unspecified atom stereocenters. The van der Waals surface area contributed by atoms with Gasteiger partial charge in [0.25, 0.3) is 5.91 Å². The lowest BCUT2D eigenvalue weighted by molar-refractivity contribution is 0.0939. The molecule has 1 aliphatic rings. The summed E-state index contributed by atoms with van der Waals surface area (Å²) < 4.78 is 1.67. The lowest BCUT2D eigenvalue weighted by Gasteiger charge is -2.21. The van der Waals surface area contributed by atoms with Crippen LogP contribution in [0.1, 0.15) is 42.6 Å². The molecule has 1 aliphatic carbocycles. The normalized spacial score (nSPS) is 16.6. The van der Waals surface area contributed by atoms with Crippen molar-refractivity contribution in [3.05, 3.63) is 30.4 Å². The zero-order valence-electron chi connectivity index (χ0n) is 10.9. The van der Waals surface area contributed by atoms with Gasteiger partial charge < -0.3 is 5.32 Å². The number of carbonyl (C=O) groups is 1. The Morgan fingerprint density at radius 3 is 3.05 bits per heavy atom. The summed E-state index contributed by atoms with van der Waals surface area (Å²) in [6.45, 7) is 0.760. The van der Waals surface area contributed by atoms with Crippen molar-refractivity contribution in [1.29, 1.82) is 0 Å². The van der Waals surface area contributed by atoms with Gasteiger partial charge in [-0.1, -0.05) is 19.3 Å². The number of amides is 1. The Labute approximate surface area is 112 Å². The van der Waals surface area contributed by atoms with E-state index in [4.69, 9.17) is 0 Å². The predicted molar refractivity (Wildman–Crippen MR) is 71.9 cm³/mol. The van der Waals surface area contributed by atoms with Crippen molar-refractivity contribution in [2.75, 3.05) is 6.54 Å². The third-order valence-electron chi connectivity index (χ3n) is 3.82. The van der Waals surface area contributed by atoms with Crippen LogP contribution in [0.5, 0.6) is 0 Å². The summed E-state index contributed by atoms with van der Waals surface area (Å²) in [6.07, 6.45) is 9.60. The topological polar surface area (TPSA) is 59.3 Å². The van der Waals surface area contributed by atoms with E-state index in [1.165, 1.54) is 38.4 Å². The van der Waals surface area contributed by atoms with Crippen LogP contribution in [0.15, 0.2) is 24.7 Å². The number of carbonyl (C=O) groups excluding carboxylic acids is 1. The average molecular weight is 258 g/mol. The Morgan fingerprint density at radius 1 is 1.37 bits per heavy atom. The molecular weight excluding hydrogens is 240 g/mol. The molecule has 0 aliphatic heterocycles. The van der Waals surface area contributed by atoms with Gasteiger partial charge in [0.1, 0.15) is 6.33 Å². The van der Waals surface area contributed by atoms with Gasteiger partial charge in [-0.05, 0) is 30.9 Å². The molecule has 0 aromatic carbocycles. The number of nitrogens with one attached hydrogen (secondary N) is 1. The Balaban J connectivity index is 1.68. The SMILES string of the molecule is O=C(NCC1CCCCC1)c1ncnn2cccc12. The minimum atomic E-state index is -0.100. The highest BCUT2D eigenvalue weighted by molar-refractivity contribution is 5.98. The van der Waals surface area contributed by atoms with Crippen LogP contribution >= 0.6 is 0 Å². The number of nitrogens with zero attached hydrogens (tertiary/aromatic N) is 3. The van der Waals surface area contributed by atoms with Crippen molar-refractivity contribution < 1.29 is 4.79 Å². The molecule has 1 fully saturated rings. The number of hydrogen-bond donors (Lipinski definition) is 1. The molecule has 2 aromatic heterocycles. The second-order valence-corrected chi connectivity index (χ2v) is 5.16. The predicted octanol–water partition coefficient (Wildman–Crippen LogP) is 2.04. The van der Waals surface area contributed by atoms with Gasteiger partial charge in [0.15, 0.2) is 5.69 Å². The van der Waals surface area contributed by atoms with Gasteiger partial charge in [-0.2, -0.15) is 5.10 Å². The lowest BCUT2D eigenvalue weighted by Crippen LogP contribution is -2.31. The van der Waals surface area contributed by atoms with Gasteiger partial charge in [-0.3, -0.25) is 4.79 Å². The van der Waals surface area contributed by atoms with Crippen LogP contribution in [0.25, 0.3) is 5.52 Å². The first kappa shape index (κ1) is 12.1. The second kappa shape index (κ2) is 5.38. The summed E-state index contributed by atoms with van der Waals surface area (Å²) in [5.41, 5.74) is 1.21. The van der Waals surface area contributed by atoms with E-state index in [1.54, 1.807) is 4.52 Å².